The Kier molecular flexibility index (Phi) is 33.8. The Hall–Kier alpha value is -4.05. The van der Waals surface area contributed by atoms with Crippen molar-refractivity contribution < 1.29 is 28.7 Å². The zero-order chi connectivity index (χ0) is 41.5. The van der Waals surface area contributed by atoms with Gasteiger partial charge >= 0.3 is 0 Å². The van der Waals surface area contributed by atoms with Crippen LogP contribution in [0, 0.1) is 5.92 Å². The van der Waals surface area contributed by atoms with E-state index in [0.717, 1.165) is 81.2 Å². The van der Waals surface area contributed by atoms with Crippen LogP contribution in [-0.2, 0) is 30.3 Å². The Labute approximate surface area is 367 Å². The van der Waals surface area contributed by atoms with Crippen LogP contribution in [0.4, 0.5) is 11.4 Å². The van der Waals surface area contributed by atoms with Gasteiger partial charge in [-0.1, -0.05) is 61.1 Å². The van der Waals surface area contributed by atoms with Gasteiger partial charge < -0.3 is 24.3 Å². The number of ether oxygens (including phenoxy) is 1. The van der Waals surface area contributed by atoms with Crippen LogP contribution in [0.25, 0.3) is 0 Å². The van der Waals surface area contributed by atoms with Gasteiger partial charge in [0, 0.05) is 103 Å². The molecule has 10 nitrogen and oxygen atoms in total. The number of likely N-dealkylation sites (tertiary alicyclic amines) is 1. The predicted octanol–water partition coefficient (Wildman–Crippen LogP) is 10.7. The van der Waals surface area contributed by atoms with E-state index in [1.54, 1.807) is 34.6 Å². The Morgan fingerprint density at radius 2 is 1.08 bits per heavy atom. The molecule has 0 N–H and O–H groups in total. The van der Waals surface area contributed by atoms with E-state index in [1.165, 1.54) is 57.8 Å². The first-order valence-corrected chi connectivity index (χ1v) is 20.9. The van der Waals surface area contributed by atoms with E-state index in [0.29, 0.717) is 24.2 Å². The van der Waals surface area contributed by atoms with Crippen LogP contribution in [0.3, 0.4) is 0 Å². The van der Waals surface area contributed by atoms with Crippen LogP contribution in [0.15, 0.2) is 48.5 Å². The first-order valence-electron chi connectivity index (χ1n) is 20.9. The van der Waals surface area contributed by atoms with E-state index < -0.39 is 0 Å². The maximum absolute atomic E-state index is 11.2. The number of nitrogens with zero attached hydrogens (tertiary/aromatic N) is 4. The normalized spacial score (nSPS) is 16.9. The number of rotatable bonds is 6. The lowest BCUT2D eigenvalue weighted by atomic mass is 9.87. The van der Waals surface area contributed by atoms with Crippen molar-refractivity contribution in [3.63, 3.8) is 0 Å². The minimum Gasteiger partial charge on any atom is -0.379 e. The third-order valence-electron chi connectivity index (χ3n) is 10.7. The topological polar surface area (TPSA) is 108 Å². The van der Waals surface area contributed by atoms with Crippen LogP contribution < -0.4 is 9.80 Å². The lowest BCUT2D eigenvalue weighted by molar-refractivity contribution is -0.130. The minimum absolute atomic E-state index is 0. The molecule has 344 valence electrons. The fraction of sp³-hybridized carbons (Fsp3) is 0.660. The second kappa shape index (κ2) is 33.6. The molecule has 1 saturated carbocycles. The summed E-state index contributed by atoms with van der Waals surface area (Å²) in [7, 11) is 4.00. The third kappa shape index (κ3) is 24.9. The molecule has 1 unspecified atom stereocenters. The van der Waals surface area contributed by atoms with Crippen LogP contribution in [0.5, 0.6) is 0 Å². The second-order valence-corrected chi connectivity index (χ2v) is 15.7. The fourth-order valence-electron chi connectivity index (χ4n) is 7.01. The van der Waals surface area contributed by atoms with Crippen molar-refractivity contribution in [2.45, 2.75) is 154 Å². The molecule has 4 aliphatic rings. The molecule has 6 rings (SSSR count). The predicted molar refractivity (Wildman–Crippen MR) is 256 cm³/mol. The summed E-state index contributed by atoms with van der Waals surface area (Å²) in [6, 6.07) is 15.7. The standard InChI is InChI=1S/C14H18N2O2.C11H15NO.C8H14O.C7H13NO.C6H12O.4CH4/c1-11(17)13-3-5-14(6-4-13)16-9-7-15(8-10-16)12(2)18;1-9(13)8-10-4-6-11(7-5-10)12(2)3;2*1-7(9)8-5-3-2-4-6-8;1-6-4-2-3-5-7-6;;;;/h3-6H,7-10H2,1-2H3;4-7H,8H2,1-3H3;8H,2-6H2,1H3;2-6H2,1H3;6H,2-5H2,1H3;4*1H4. The van der Waals surface area contributed by atoms with Crippen molar-refractivity contribution in [2.24, 2.45) is 5.92 Å². The zero-order valence-corrected chi connectivity index (χ0v) is 35.9. The highest BCUT2D eigenvalue weighted by atomic mass is 16.5. The Morgan fingerprint density at radius 1 is 0.600 bits per heavy atom. The highest BCUT2D eigenvalue weighted by molar-refractivity contribution is 5.94. The van der Waals surface area contributed by atoms with Crippen LogP contribution >= 0.6 is 0 Å². The number of Topliss-reactive ketones (excluding diaryl/α,β-unsaturated/α-hetero) is 3. The lowest BCUT2D eigenvalue weighted by Crippen LogP contribution is -2.48. The van der Waals surface area contributed by atoms with Crippen molar-refractivity contribution in [1.29, 1.82) is 0 Å². The molecule has 4 fully saturated rings. The molecule has 10 heteroatoms. The van der Waals surface area contributed by atoms with E-state index in [-0.39, 0.29) is 53.1 Å². The molecule has 1 atom stereocenters. The number of carbonyl (C=O) groups is 5. The SMILES string of the molecule is C.C.C.C.CC(=O)C1CCCCC1.CC(=O)Cc1ccc(N(C)C)cc1.CC(=O)N1CCCCC1.CC(=O)c1ccc(N2CCN(C(C)=O)CC2)cc1.CC1CCCCO1. The summed E-state index contributed by atoms with van der Waals surface area (Å²) in [6.45, 7) is 16.5. The molecule has 3 saturated heterocycles. The largest absolute Gasteiger partial charge is 0.379 e. The third-order valence-corrected chi connectivity index (χ3v) is 10.7. The Balaban J connectivity index is -0.000000692. The number of benzene rings is 2. The summed E-state index contributed by atoms with van der Waals surface area (Å²) >= 11 is 0. The highest BCUT2D eigenvalue weighted by Gasteiger charge is 2.19. The van der Waals surface area contributed by atoms with Crippen molar-refractivity contribution in [2.75, 3.05) is 69.8 Å². The number of anilines is 2. The first-order chi connectivity index (χ1) is 26.7. The molecular weight excluding hydrogens is 753 g/mol. The quantitative estimate of drug-likeness (QED) is 0.265. The smallest absolute Gasteiger partial charge is 0.219 e. The maximum Gasteiger partial charge on any atom is 0.219 e. The van der Waals surface area contributed by atoms with Gasteiger partial charge in [0.05, 0.1) is 6.10 Å². The summed E-state index contributed by atoms with van der Waals surface area (Å²) in [5.41, 5.74) is 4.09. The number of hydrogen-bond acceptors (Lipinski definition) is 8. The van der Waals surface area contributed by atoms with E-state index in [2.05, 4.69) is 11.8 Å². The van der Waals surface area contributed by atoms with Crippen molar-refractivity contribution >= 4 is 40.5 Å². The van der Waals surface area contributed by atoms with Gasteiger partial charge in [-0.3, -0.25) is 24.0 Å². The van der Waals surface area contributed by atoms with Crippen molar-refractivity contribution in [3.8, 4) is 0 Å². The van der Waals surface area contributed by atoms with Gasteiger partial charge in [-0.25, -0.2) is 0 Å². The lowest BCUT2D eigenvalue weighted by Gasteiger charge is -2.35. The average Bonchev–Trinajstić information content (AvgIpc) is 3.20. The first kappa shape index (κ1) is 60.3. The van der Waals surface area contributed by atoms with Crippen LogP contribution in [0.2, 0.25) is 0 Å². The number of ketones is 3. The van der Waals surface area contributed by atoms with Crippen molar-refractivity contribution in [3.05, 3.63) is 59.7 Å². The zero-order valence-electron chi connectivity index (χ0n) is 35.9. The van der Waals surface area contributed by atoms with E-state index in [4.69, 9.17) is 4.74 Å². The van der Waals surface area contributed by atoms with Crippen LogP contribution in [0.1, 0.15) is 158 Å². The van der Waals surface area contributed by atoms with Gasteiger partial charge in [-0.2, -0.15) is 0 Å². The average molecular weight is 841 g/mol. The van der Waals surface area contributed by atoms with Gasteiger partial charge in [0.1, 0.15) is 11.6 Å². The monoisotopic (exact) mass is 841 g/mol. The van der Waals surface area contributed by atoms with E-state index in [1.807, 2.05) is 77.3 Å². The summed E-state index contributed by atoms with van der Waals surface area (Å²) in [6.07, 6.45) is 14.8. The van der Waals surface area contributed by atoms with Gasteiger partial charge in [-0.05, 0) is 121 Å². The molecule has 2 aromatic rings. The Morgan fingerprint density at radius 3 is 1.43 bits per heavy atom. The number of piperidine rings is 1. The molecule has 60 heavy (non-hydrogen) atoms. The molecule has 2 amide bonds. The minimum atomic E-state index is 0. The number of carbonyl (C=O) groups excluding carboxylic acids is 5. The second-order valence-electron chi connectivity index (χ2n) is 15.7. The molecule has 3 heterocycles. The summed E-state index contributed by atoms with van der Waals surface area (Å²) < 4.78 is 5.28. The summed E-state index contributed by atoms with van der Waals surface area (Å²) in [5.74, 6) is 1.48. The molecule has 0 spiro atoms. The van der Waals surface area contributed by atoms with E-state index >= 15 is 0 Å². The summed E-state index contributed by atoms with van der Waals surface area (Å²) in [5, 5.41) is 0. The molecule has 2 aromatic carbocycles. The number of piperazine rings is 1. The van der Waals surface area contributed by atoms with Gasteiger partial charge in [0.15, 0.2) is 5.78 Å². The number of hydrogen-bond donors (Lipinski definition) is 0. The number of amides is 2. The molecule has 0 aromatic heterocycles. The molecule has 0 radical (unpaired) electrons. The molecule has 1 aliphatic carbocycles. The molecule has 3 aliphatic heterocycles. The highest BCUT2D eigenvalue weighted by Crippen LogP contribution is 2.24. The van der Waals surface area contributed by atoms with Gasteiger partial charge in [0.2, 0.25) is 11.8 Å². The van der Waals surface area contributed by atoms with Gasteiger partial charge in [-0.15, -0.1) is 0 Å². The summed E-state index contributed by atoms with van der Waals surface area (Å²) in [4.78, 5) is 62.8. The molecule has 0 bridgehead atoms. The van der Waals surface area contributed by atoms with E-state index in [9.17, 15) is 24.0 Å². The maximum atomic E-state index is 11.2. The van der Waals surface area contributed by atoms with Crippen LogP contribution in [-0.4, -0.2) is 105 Å². The fourth-order valence-corrected chi connectivity index (χ4v) is 7.01. The Bertz CT molecular complexity index is 1420. The van der Waals surface area contributed by atoms with Crippen molar-refractivity contribution in [1.82, 2.24) is 9.80 Å². The van der Waals surface area contributed by atoms with Gasteiger partial charge in [0.25, 0.3) is 0 Å². The molecular formula is C50H88N4O6.